The Labute approximate surface area is 297 Å². The highest BCUT2D eigenvalue weighted by Gasteiger charge is 2.51. The number of carbonyl (C=O) groups is 7. The van der Waals surface area contributed by atoms with Crippen LogP contribution in [0.2, 0.25) is 0 Å². The lowest BCUT2D eigenvalue weighted by Gasteiger charge is -2.34. The Hall–Kier alpha value is -4.69. The summed E-state index contributed by atoms with van der Waals surface area (Å²) in [5.74, 6) is -4.62. The molecule has 0 spiro atoms. The first-order valence-electron chi connectivity index (χ1n) is 18.3. The van der Waals surface area contributed by atoms with Gasteiger partial charge in [-0.1, -0.05) is 45.6 Å². The zero-order valence-corrected chi connectivity index (χ0v) is 29.2. The summed E-state index contributed by atoms with van der Waals surface area (Å²) in [4.78, 5) is 103. The van der Waals surface area contributed by atoms with Crippen molar-refractivity contribution in [2.75, 3.05) is 13.1 Å². The molecule has 5 rings (SSSR count). The standard InChI is InChI=1S/C36H50N8O7/c1-3-9-25(31(46)35(50)40-23-14-15-23)41-34(49)30-24-13-8-12-22(24)20-44(30)36(51)27(19-39-28(45)4-2)42-33(48)29(21-10-6-5-7-11-21)43-32(47)26-18-37-16-17-38-26/h4,16-18,21-25,27,29-30H,2-3,5-15,19-20H2,1H3,(H,39,45)(H,40,50)(H,41,49)(H,42,48)(H,43,47)/t22-,24-,25?,27?,29?,30-/m0/s1. The van der Waals surface area contributed by atoms with E-state index in [0.717, 1.165) is 51.0 Å². The molecule has 5 N–H and O–H groups in total. The predicted molar refractivity (Wildman–Crippen MR) is 184 cm³/mol. The van der Waals surface area contributed by atoms with Gasteiger partial charge in [0.2, 0.25) is 29.4 Å². The number of nitrogens with zero attached hydrogens (tertiary/aromatic N) is 3. The molecule has 1 saturated heterocycles. The van der Waals surface area contributed by atoms with Gasteiger partial charge in [-0.15, -0.1) is 0 Å². The summed E-state index contributed by atoms with van der Waals surface area (Å²) in [6.45, 7) is 5.29. The maximum Gasteiger partial charge on any atom is 0.289 e. The van der Waals surface area contributed by atoms with Crippen molar-refractivity contribution >= 4 is 41.2 Å². The van der Waals surface area contributed by atoms with Crippen molar-refractivity contribution in [3.05, 3.63) is 36.9 Å². The lowest BCUT2D eigenvalue weighted by Crippen LogP contribution is -2.61. The highest BCUT2D eigenvalue weighted by molar-refractivity contribution is 6.38. The van der Waals surface area contributed by atoms with E-state index in [1.165, 1.54) is 23.5 Å². The fraction of sp³-hybridized carbons (Fsp3) is 0.639. The molecule has 15 heteroatoms. The third kappa shape index (κ3) is 9.56. The van der Waals surface area contributed by atoms with Gasteiger partial charge in [0.05, 0.1) is 12.2 Å². The van der Waals surface area contributed by atoms with Gasteiger partial charge in [-0.05, 0) is 68.8 Å². The topological polar surface area (TPSA) is 209 Å². The Morgan fingerprint density at radius 3 is 2.35 bits per heavy atom. The molecule has 4 aliphatic rings. The van der Waals surface area contributed by atoms with Crippen LogP contribution < -0.4 is 26.6 Å². The Morgan fingerprint density at radius 2 is 1.69 bits per heavy atom. The zero-order valence-electron chi connectivity index (χ0n) is 29.2. The van der Waals surface area contributed by atoms with Gasteiger partial charge >= 0.3 is 0 Å². The fourth-order valence-electron chi connectivity index (χ4n) is 7.76. The zero-order chi connectivity index (χ0) is 36.5. The molecule has 0 bridgehead atoms. The highest BCUT2D eigenvalue weighted by Crippen LogP contribution is 2.42. The number of Topliss-reactive ketones (excluding diaryl/α,β-unsaturated/α-hetero) is 1. The second-order valence-corrected chi connectivity index (χ2v) is 14.2. The van der Waals surface area contributed by atoms with E-state index < -0.39 is 65.4 Å². The van der Waals surface area contributed by atoms with E-state index in [2.05, 4.69) is 43.1 Å². The minimum absolute atomic E-state index is 0.0200. The van der Waals surface area contributed by atoms with Gasteiger partial charge in [0.15, 0.2) is 0 Å². The van der Waals surface area contributed by atoms with Crippen molar-refractivity contribution in [3.63, 3.8) is 0 Å². The second-order valence-electron chi connectivity index (χ2n) is 14.2. The molecule has 6 atom stereocenters. The molecular formula is C36H50N8O7. The lowest BCUT2D eigenvalue weighted by molar-refractivity contribution is -0.144. The quantitative estimate of drug-likeness (QED) is 0.121. The van der Waals surface area contributed by atoms with Crippen molar-refractivity contribution < 1.29 is 33.6 Å². The molecule has 276 valence electrons. The smallest absolute Gasteiger partial charge is 0.289 e. The van der Waals surface area contributed by atoms with E-state index in [9.17, 15) is 33.6 Å². The molecule has 51 heavy (non-hydrogen) atoms. The third-order valence-electron chi connectivity index (χ3n) is 10.6. The van der Waals surface area contributed by atoms with Crippen LogP contribution in [0.1, 0.15) is 94.5 Å². The minimum atomic E-state index is -1.28. The van der Waals surface area contributed by atoms with E-state index in [0.29, 0.717) is 25.7 Å². The van der Waals surface area contributed by atoms with Gasteiger partial charge in [-0.25, -0.2) is 4.98 Å². The van der Waals surface area contributed by atoms with E-state index in [4.69, 9.17) is 0 Å². The summed E-state index contributed by atoms with van der Waals surface area (Å²) in [5, 5.41) is 13.7. The molecule has 1 aliphatic heterocycles. The van der Waals surface area contributed by atoms with Crippen LogP contribution in [-0.4, -0.2) is 99.4 Å². The number of aromatic nitrogens is 2. The van der Waals surface area contributed by atoms with Crippen molar-refractivity contribution in [2.24, 2.45) is 17.8 Å². The average molecular weight is 707 g/mol. The number of hydrogen-bond acceptors (Lipinski definition) is 9. The van der Waals surface area contributed by atoms with Gasteiger partial charge in [0, 0.05) is 31.5 Å². The Kier molecular flexibility index (Phi) is 12.9. The summed E-state index contributed by atoms with van der Waals surface area (Å²) < 4.78 is 0. The number of ketones is 1. The monoisotopic (exact) mass is 706 g/mol. The Balaban J connectivity index is 1.37. The van der Waals surface area contributed by atoms with E-state index in [1.807, 2.05) is 6.92 Å². The molecule has 0 aromatic carbocycles. The average Bonchev–Trinajstić information content (AvgIpc) is 3.71. The summed E-state index contributed by atoms with van der Waals surface area (Å²) in [6, 6.07) is -4.29. The van der Waals surface area contributed by atoms with Gasteiger partial charge < -0.3 is 31.5 Å². The fourth-order valence-corrected chi connectivity index (χ4v) is 7.76. The number of fused-ring (bicyclic) bond motifs is 1. The van der Waals surface area contributed by atoms with Crippen molar-refractivity contribution in [3.8, 4) is 0 Å². The molecular weight excluding hydrogens is 656 g/mol. The number of rotatable bonds is 16. The molecule has 4 fully saturated rings. The molecule has 6 amide bonds. The molecule has 15 nitrogen and oxygen atoms in total. The molecule has 3 saturated carbocycles. The molecule has 2 heterocycles. The number of carbonyl (C=O) groups excluding carboxylic acids is 7. The second kappa shape index (κ2) is 17.5. The maximum absolute atomic E-state index is 14.5. The highest BCUT2D eigenvalue weighted by atomic mass is 16.2. The SMILES string of the molecule is C=CC(=O)NCC(NC(=O)C(NC(=O)c1cnccn1)C1CCCCC1)C(=O)N1C[C@@H]2CCC[C@@H]2[C@H]1C(=O)NC(CCC)C(=O)C(=O)NC1CC1. The van der Waals surface area contributed by atoms with Crippen LogP contribution in [0.15, 0.2) is 31.2 Å². The largest absolute Gasteiger partial charge is 0.350 e. The summed E-state index contributed by atoms with van der Waals surface area (Å²) in [7, 11) is 0. The van der Waals surface area contributed by atoms with Crippen LogP contribution in [-0.2, 0) is 28.8 Å². The molecule has 0 radical (unpaired) electrons. The molecule has 1 aromatic heterocycles. The first-order chi connectivity index (χ1) is 24.6. The first-order valence-corrected chi connectivity index (χ1v) is 18.3. The number of nitrogens with one attached hydrogen (secondary N) is 5. The summed E-state index contributed by atoms with van der Waals surface area (Å²) >= 11 is 0. The number of hydrogen-bond donors (Lipinski definition) is 5. The van der Waals surface area contributed by atoms with Gasteiger partial charge in [-0.3, -0.25) is 38.5 Å². The number of amides is 6. The Bertz CT molecular complexity index is 1480. The van der Waals surface area contributed by atoms with E-state index in [-0.39, 0.29) is 49.0 Å². The van der Waals surface area contributed by atoms with Crippen LogP contribution in [0.3, 0.4) is 0 Å². The van der Waals surface area contributed by atoms with Crippen LogP contribution in [0.25, 0.3) is 0 Å². The van der Waals surface area contributed by atoms with Gasteiger partial charge in [-0.2, -0.15) is 0 Å². The lowest BCUT2D eigenvalue weighted by atomic mass is 9.83. The molecule has 1 aromatic rings. The Morgan fingerprint density at radius 1 is 0.922 bits per heavy atom. The molecule has 3 unspecified atom stereocenters. The van der Waals surface area contributed by atoms with Crippen molar-refractivity contribution in [2.45, 2.75) is 114 Å². The van der Waals surface area contributed by atoms with Crippen LogP contribution in [0.5, 0.6) is 0 Å². The third-order valence-corrected chi connectivity index (χ3v) is 10.6. The molecule has 3 aliphatic carbocycles. The van der Waals surface area contributed by atoms with E-state index >= 15 is 0 Å². The summed E-state index contributed by atoms with van der Waals surface area (Å²) in [6.07, 6.45) is 14.1. The van der Waals surface area contributed by atoms with Crippen molar-refractivity contribution in [1.29, 1.82) is 0 Å². The number of likely N-dealkylation sites (tertiary alicyclic amines) is 1. The normalized spacial score (nSPS) is 23.2. The maximum atomic E-state index is 14.5. The predicted octanol–water partition coefficient (Wildman–Crippen LogP) is 0.702. The minimum Gasteiger partial charge on any atom is -0.350 e. The van der Waals surface area contributed by atoms with Crippen molar-refractivity contribution in [1.82, 2.24) is 41.5 Å². The first kappa shape index (κ1) is 37.6. The summed E-state index contributed by atoms with van der Waals surface area (Å²) in [5.41, 5.74) is 0.0410. The van der Waals surface area contributed by atoms with Crippen LogP contribution >= 0.6 is 0 Å². The van der Waals surface area contributed by atoms with Crippen LogP contribution in [0, 0.1) is 17.8 Å². The van der Waals surface area contributed by atoms with Gasteiger partial charge in [0.25, 0.3) is 11.8 Å². The van der Waals surface area contributed by atoms with E-state index in [1.54, 1.807) is 0 Å². The van der Waals surface area contributed by atoms with Crippen LogP contribution in [0.4, 0.5) is 0 Å². The van der Waals surface area contributed by atoms with Gasteiger partial charge in [0.1, 0.15) is 23.8 Å².